The number of allylic oxidation sites excluding steroid dienone is 1. The van der Waals surface area contributed by atoms with Gasteiger partial charge in [0.1, 0.15) is 11.5 Å². The molecule has 0 aliphatic carbocycles. The Hall–Kier alpha value is -3.25. The molecule has 1 aliphatic heterocycles. The topological polar surface area (TPSA) is 41.4 Å². The van der Waals surface area contributed by atoms with Gasteiger partial charge >= 0.3 is 0 Å². The zero-order chi connectivity index (χ0) is 22.7. The molecule has 3 aromatic rings. The molecule has 0 saturated carbocycles. The summed E-state index contributed by atoms with van der Waals surface area (Å²) in [7, 11) is 2.09. The monoisotopic (exact) mass is 432 g/mol. The number of aryl methyl sites for hydroxylation is 1. The number of anilines is 1. The molecule has 0 amide bonds. The minimum Gasteiger partial charge on any atom is -0.364 e. The number of benzene rings is 2. The van der Waals surface area contributed by atoms with Gasteiger partial charge in [-0.05, 0) is 50.2 Å². The summed E-state index contributed by atoms with van der Waals surface area (Å²) in [6.07, 6.45) is 3.94. The molecule has 1 fully saturated rings. The van der Waals surface area contributed by atoms with E-state index < -0.39 is 0 Å². The molecule has 1 aromatic heterocycles. The molecule has 5 nitrogen and oxygen atoms in total. The second kappa shape index (κ2) is 9.49. The fourth-order valence-electron chi connectivity index (χ4n) is 4.08. The van der Waals surface area contributed by atoms with Crippen LogP contribution in [0.5, 0.6) is 0 Å². The highest BCUT2D eigenvalue weighted by Crippen LogP contribution is 2.28. The molecular formula is C26H29FN4O. The number of halogens is 1. The van der Waals surface area contributed by atoms with Crippen molar-refractivity contribution in [1.29, 1.82) is 0 Å². The molecule has 0 spiro atoms. The number of aromatic nitrogens is 2. The smallest absolute Gasteiger partial charge is 0.290 e. The lowest BCUT2D eigenvalue weighted by molar-refractivity contribution is 0.312. The first-order chi connectivity index (χ1) is 15.4. The standard InChI is InChI=1S/C26H29FN4O/c1-19-18-22(11-12-23(19)27)24-20(2)25(30-16-14-29(3)15-17-30)26(32)31(28-24)13-7-10-21-8-5-4-6-9-21/h4-12,18H,13-17H2,1-3H3. The van der Waals surface area contributed by atoms with Gasteiger partial charge in [0, 0.05) is 37.3 Å². The van der Waals surface area contributed by atoms with Crippen molar-refractivity contribution in [2.24, 2.45) is 0 Å². The van der Waals surface area contributed by atoms with Crippen LogP contribution in [0, 0.1) is 19.7 Å². The van der Waals surface area contributed by atoms with E-state index in [-0.39, 0.29) is 11.4 Å². The molecule has 2 aromatic carbocycles. The van der Waals surface area contributed by atoms with Crippen molar-refractivity contribution in [3.8, 4) is 11.3 Å². The third kappa shape index (κ3) is 4.65. The third-order valence-corrected chi connectivity index (χ3v) is 6.01. The SMILES string of the molecule is Cc1cc(-c2nn(CC=Cc3ccccc3)c(=O)c(N3CCN(C)CC3)c2C)ccc1F. The molecule has 1 aliphatic rings. The maximum atomic E-state index is 13.9. The first kappa shape index (κ1) is 22.0. The van der Waals surface area contributed by atoms with Crippen molar-refractivity contribution < 1.29 is 4.39 Å². The molecular weight excluding hydrogens is 403 g/mol. The van der Waals surface area contributed by atoms with Crippen LogP contribution < -0.4 is 10.5 Å². The highest BCUT2D eigenvalue weighted by molar-refractivity contribution is 5.70. The maximum Gasteiger partial charge on any atom is 0.290 e. The minimum atomic E-state index is -0.246. The Labute approximate surface area is 188 Å². The molecule has 0 unspecified atom stereocenters. The Morgan fingerprint density at radius 3 is 2.44 bits per heavy atom. The molecule has 4 rings (SSSR count). The van der Waals surface area contributed by atoms with Crippen LogP contribution in [0.1, 0.15) is 16.7 Å². The van der Waals surface area contributed by atoms with E-state index in [2.05, 4.69) is 16.8 Å². The predicted molar refractivity (Wildman–Crippen MR) is 129 cm³/mol. The molecule has 32 heavy (non-hydrogen) atoms. The molecule has 6 heteroatoms. The van der Waals surface area contributed by atoms with E-state index in [9.17, 15) is 9.18 Å². The summed E-state index contributed by atoms with van der Waals surface area (Å²) in [6, 6.07) is 15.0. The van der Waals surface area contributed by atoms with Crippen molar-refractivity contribution in [3.63, 3.8) is 0 Å². The first-order valence-electron chi connectivity index (χ1n) is 11.0. The summed E-state index contributed by atoms with van der Waals surface area (Å²) in [4.78, 5) is 17.9. The fourth-order valence-corrected chi connectivity index (χ4v) is 4.08. The lowest BCUT2D eigenvalue weighted by Crippen LogP contribution is -2.47. The van der Waals surface area contributed by atoms with Crippen LogP contribution >= 0.6 is 0 Å². The van der Waals surface area contributed by atoms with Crippen LogP contribution in [-0.2, 0) is 6.54 Å². The fraction of sp³-hybridized carbons (Fsp3) is 0.308. The van der Waals surface area contributed by atoms with Crippen molar-refractivity contribution in [1.82, 2.24) is 14.7 Å². The van der Waals surface area contributed by atoms with Gasteiger partial charge in [-0.1, -0.05) is 42.5 Å². The van der Waals surface area contributed by atoms with E-state index in [0.29, 0.717) is 17.8 Å². The van der Waals surface area contributed by atoms with Crippen LogP contribution in [0.3, 0.4) is 0 Å². The van der Waals surface area contributed by atoms with E-state index >= 15 is 0 Å². The highest BCUT2D eigenvalue weighted by Gasteiger charge is 2.23. The predicted octanol–water partition coefficient (Wildman–Crippen LogP) is 4.13. The van der Waals surface area contributed by atoms with E-state index in [1.807, 2.05) is 49.4 Å². The van der Waals surface area contributed by atoms with Gasteiger partial charge in [0.05, 0.1) is 12.2 Å². The third-order valence-electron chi connectivity index (χ3n) is 6.01. The number of piperazine rings is 1. The normalized spacial score (nSPS) is 14.9. The van der Waals surface area contributed by atoms with E-state index in [4.69, 9.17) is 5.10 Å². The Kier molecular flexibility index (Phi) is 6.51. The molecule has 2 heterocycles. The number of hydrogen-bond donors (Lipinski definition) is 0. The van der Waals surface area contributed by atoms with Crippen LogP contribution in [0.2, 0.25) is 0 Å². The zero-order valence-electron chi connectivity index (χ0n) is 18.9. The van der Waals surface area contributed by atoms with E-state index in [1.54, 1.807) is 19.1 Å². The largest absolute Gasteiger partial charge is 0.364 e. The van der Waals surface area contributed by atoms with Crippen molar-refractivity contribution in [2.45, 2.75) is 20.4 Å². The van der Waals surface area contributed by atoms with Crippen LogP contribution in [-0.4, -0.2) is 47.9 Å². The van der Waals surface area contributed by atoms with Gasteiger partial charge in [-0.15, -0.1) is 0 Å². The quantitative estimate of drug-likeness (QED) is 0.608. The average molecular weight is 433 g/mol. The van der Waals surface area contributed by atoms with Crippen molar-refractivity contribution in [3.05, 3.63) is 87.5 Å². The van der Waals surface area contributed by atoms with Crippen LogP contribution in [0.15, 0.2) is 59.4 Å². The van der Waals surface area contributed by atoms with Gasteiger partial charge in [-0.2, -0.15) is 5.10 Å². The summed E-state index contributed by atoms with van der Waals surface area (Å²) >= 11 is 0. The number of hydrogen-bond acceptors (Lipinski definition) is 4. The second-order valence-corrected chi connectivity index (χ2v) is 8.38. The van der Waals surface area contributed by atoms with Crippen molar-refractivity contribution in [2.75, 3.05) is 38.1 Å². The van der Waals surface area contributed by atoms with E-state index in [0.717, 1.165) is 48.6 Å². The van der Waals surface area contributed by atoms with Gasteiger partial charge in [0.2, 0.25) is 0 Å². The van der Waals surface area contributed by atoms with E-state index in [1.165, 1.54) is 10.7 Å². The van der Waals surface area contributed by atoms with Crippen LogP contribution in [0.25, 0.3) is 17.3 Å². The summed E-state index contributed by atoms with van der Waals surface area (Å²) < 4.78 is 15.4. The van der Waals surface area contributed by atoms with Gasteiger partial charge in [-0.25, -0.2) is 9.07 Å². The highest BCUT2D eigenvalue weighted by atomic mass is 19.1. The van der Waals surface area contributed by atoms with Gasteiger partial charge in [0.25, 0.3) is 5.56 Å². The number of nitrogens with zero attached hydrogens (tertiary/aromatic N) is 4. The molecule has 0 N–H and O–H groups in total. The lowest BCUT2D eigenvalue weighted by atomic mass is 10.0. The number of rotatable bonds is 5. The average Bonchev–Trinajstić information content (AvgIpc) is 2.79. The molecule has 0 radical (unpaired) electrons. The van der Waals surface area contributed by atoms with Gasteiger partial charge < -0.3 is 9.80 Å². The molecule has 0 atom stereocenters. The Morgan fingerprint density at radius 2 is 1.75 bits per heavy atom. The molecule has 0 bridgehead atoms. The van der Waals surface area contributed by atoms with Crippen LogP contribution in [0.4, 0.5) is 10.1 Å². The second-order valence-electron chi connectivity index (χ2n) is 8.38. The first-order valence-corrected chi connectivity index (χ1v) is 11.0. The molecule has 166 valence electrons. The van der Waals surface area contributed by atoms with Gasteiger partial charge in [0.15, 0.2) is 0 Å². The summed E-state index contributed by atoms with van der Waals surface area (Å²) in [6.45, 7) is 7.44. The van der Waals surface area contributed by atoms with Crippen molar-refractivity contribution >= 4 is 11.8 Å². The summed E-state index contributed by atoms with van der Waals surface area (Å²) in [5.41, 5.74) is 4.61. The Morgan fingerprint density at radius 1 is 1.03 bits per heavy atom. The molecule has 1 saturated heterocycles. The Bertz CT molecular complexity index is 1180. The van der Waals surface area contributed by atoms with Gasteiger partial charge in [-0.3, -0.25) is 4.79 Å². The number of likely N-dealkylation sites (N-methyl/N-ethyl adjacent to an activating group) is 1. The summed E-state index contributed by atoms with van der Waals surface area (Å²) in [5, 5.41) is 4.71. The maximum absolute atomic E-state index is 13.9. The zero-order valence-corrected chi connectivity index (χ0v) is 18.9. The lowest BCUT2D eigenvalue weighted by Gasteiger charge is -2.34. The Balaban J connectivity index is 1.77. The minimum absolute atomic E-state index is 0.0904. The summed E-state index contributed by atoms with van der Waals surface area (Å²) in [5.74, 6) is -0.246.